The van der Waals surface area contributed by atoms with E-state index in [4.69, 9.17) is 4.74 Å². The van der Waals surface area contributed by atoms with E-state index < -0.39 is 5.41 Å². The molecule has 0 radical (unpaired) electrons. The van der Waals surface area contributed by atoms with Crippen molar-refractivity contribution in [3.8, 4) is 5.75 Å². The van der Waals surface area contributed by atoms with E-state index >= 15 is 0 Å². The van der Waals surface area contributed by atoms with Crippen molar-refractivity contribution < 1.29 is 14.6 Å². The molecular formula is C19H29NO3. The molecular weight excluding hydrogens is 290 g/mol. The van der Waals surface area contributed by atoms with Crippen molar-refractivity contribution in [1.82, 2.24) is 5.32 Å². The number of hydrogen-bond acceptors (Lipinski definition) is 3. The number of ether oxygens (including phenoxy) is 1. The van der Waals surface area contributed by atoms with Crippen molar-refractivity contribution in [2.75, 3.05) is 20.3 Å². The maximum atomic E-state index is 12.8. The van der Waals surface area contributed by atoms with Crippen LogP contribution in [0, 0.1) is 12.3 Å². The lowest BCUT2D eigenvalue weighted by atomic mass is 9.83. The Kier molecular flexibility index (Phi) is 5.35. The van der Waals surface area contributed by atoms with Crippen LogP contribution >= 0.6 is 0 Å². The molecule has 1 amide bonds. The number of hydrogen-bond donors (Lipinski definition) is 2. The molecule has 128 valence electrons. The molecule has 0 heterocycles. The summed E-state index contributed by atoms with van der Waals surface area (Å²) in [6.45, 7) is 6.75. The molecule has 1 saturated carbocycles. The predicted molar refractivity (Wildman–Crippen MR) is 91.8 cm³/mol. The Hall–Kier alpha value is -1.55. The first kappa shape index (κ1) is 17.8. The summed E-state index contributed by atoms with van der Waals surface area (Å²) < 4.78 is 5.39. The maximum Gasteiger partial charge on any atom is 0.230 e. The molecule has 2 N–H and O–H groups in total. The topological polar surface area (TPSA) is 58.6 Å². The number of benzene rings is 1. The highest BCUT2D eigenvalue weighted by Gasteiger charge is 2.51. The number of aliphatic hydroxyl groups excluding tert-OH is 1. The second-order valence-electron chi connectivity index (χ2n) is 6.81. The van der Waals surface area contributed by atoms with Gasteiger partial charge in [0.25, 0.3) is 0 Å². The van der Waals surface area contributed by atoms with Gasteiger partial charge in [0, 0.05) is 12.0 Å². The van der Waals surface area contributed by atoms with Gasteiger partial charge in [-0.05, 0) is 49.8 Å². The fraction of sp³-hybridized carbons (Fsp3) is 0.632. The van der Waals surface area contributed by atoms with Crippen molar-refractivity contribution in [2.45, 2.75) is 51.9 Å². The van der Waals surface area contributed by atoms with E-state index in [-0.39, 0.29) is 17.9 Å². The standard InChI is InChI=1S/C19H29NO3/c1-5-18(6-2,13-21)12-20-17(22)19(9-10-19)15-8-7-14(3)16(11-15)23-4/h7-8,11,21H,5-6,9-10,12-13H2,1-4H3,(H,20,22). The Morgan fingerprint density at radius 3 is 2.48 bits per heavy atom. The van der Waals surface area contributed by atoms with Gasteiger partial charge in [0.1, 0.15) is 5.75 Å². The van der Waals surface area contributed by atoms with Crippen LogP contribution in [0.5, 0.6) is 5.75 Å². The Morgan fingerprint density at radius 2 is 2.00 bits per heavy atom. The third-order valence-electron chi connectivity index (χ3n) is 5.60. The van der Waals surface area contributed by atoms with Crippen LogP contribution in [0.4, 0.5) is 0 Å². The Labute approximate surface area is 139 Å². The largest absolute Gasteiger partial charge is 0.496 e. The van der Waals surface area contributed by atoms with Crippen LogP contribution in [-0.4, -0.2) is 31.3 Å². The van der Waals surface area contributed by atoms with E-state index in [1.807, 2.05) is 25.1 Å². The molecule has 0 saturated heterocycles. The highest BCUT2D eigenvalue weighted by molar-refractivity contribution is 5.91. The van der Waals surface area contributed by atoms with E-state index in [9.17, 15) is 9.90 Å². The molecule has 1 fully saturated rings. The van der Waals surface area contributed by atoms with E-state index in [2.05, 4.69) is 19.2 Å². The predicted octanol–water partition coefficient (Wildman–Crippen LogP) is 2.95. The van der Waals surface area contributed by atoms with Gasteiger partial charge in [0.15, 0.2) is 0 Å². The molecule has 1 aromatic carbocycles. The van der Waals surface area contributed by atoms with Gasteiger partial charge in [0.2, 0.25) is 5.91 Å². The van der Waals surface area contributed by atoms with E-state index in [1.54, 1.807) is 7.11 Å². The molecule has 0 atom stereocenters. The van der Waals surface area contributed by atoms with E-state index in [0.717, 1.165) is 42.6 Å². The zero-order valence-corrected chi connectivity index (χ0v) is 14.7. The lowest BCUT2D eigenvalue weighted by Gasteiger charge is -2.30. The molecule has 4 nitrogen and oxygen atoms in total. The second kappa shape index (κ2) is 6.91. The summed E-state index contributed by atoms with van der Waals surface area (Å²) in [5, 5.41) is 12.7. The second-order valence-corrected chi connectivity index (χ2v) is 6.81. The smallest absolute Gasteiger partial charge is 0.230 e. The molecule has 23 heavy (non-hydrogen) atoms. The summed E-state index contributed by atoms with van der Waals surface area (Å²) >= 11 is 0. The third-order valence-corrected chi connectivity index (χ3v) is 5.60. The first-order valence-corrected chi connectivity index (χ1v) is 8.51. The third kappa shape index (κ3) is 3.37. The number of aryl methyl sites for hydroxylation is 1. The maximum absolute atomic E-state index is 12.8. The van der Waals surface area contributed by atoms with Crippen LogP contribution in [0.25, 0.3) is 0 Å². The number of carbonyl (C=O) groups is 1. The van der Waals surface area contributed by atoms with Gasteiger partial charge in [-0.2, -0.15) is 0 Å². The summed E-state index contributed by atoms with van der Waals surface area (Å²) in [6.07, 6.45) is 3.45. The zero-order valence-electron chi connectivity index (χ0n) is 14.7. The van der Waals surface area contributed by atoms with Crippen LogP contribution in [0.15, 0.2) is 18.2 Å². The molecule has 2 rings (SSSR count). The minimum absolute atomic E-state index is 0.0723. The van der Waals surface area contributed by atoms with Gasteiger partial charge in [-0.1, -0.05) is 26.0 Å². The van der Waals surface area contributed by atoms with Crippen molar-refractivity contribution in [3.05, 3.63) is 29.3 Å². The van der Waals surface area contributed by atoms with E-state index in [1.165, 1.54) is 0 Å². The first-order chi connectivity index (χ1) is 11.0. The summed E-state index contributed by atoms with van der Waals surface area (Å²) in [7, 11) is 1.66. The Bertz CT molecular complexity index is 551. The molecule has 1 aliphatic rings. The molecule has 0 aromatic heterocycles. The molecule has 0 bridgehead atoms. The van der Waals surface area contributed by atoms with Gasteiger partial charge in [-0.15, -0.1) is 0 Å². The molecule has 0 spiro atoms. The number of methoxy groups -OCH3 is 1. The van der Waals surface area contributed by atoms with Crippen LogP contribution in [-0.2, 0) is 10.2 Å². The minimum atomic E-state index is -0.413. The van der Waals surface area contributed by atoms with Crippen LogP contribution in [0.3, 0.4) is 0 Å². The molecule has 0 unspecified atom stereocenters. The zero-order chi connectivity index (χ0) is 17.1. The first-order valence-electron chi connectivity index (χ1n) is 8.51. The quantitative estimate of drug-likeness (QED) is 0.774. The van der Waals surface area contributed by atoms with Crippen LogP contribution < -0.4 is 10.1 Å². The van der Waals surface area contributed by atoms with Gasteiger partial charge < -0.3 is 15.2 Å². The fourth-order valence-electron chi connectivity index (χ4n) is 3.11. The number of carbonyl (C=O) groups excluding carboxylic acids is 1. The minimum Gasteiger partial charge on any atom is -0.496 e. The Balaban J connectivity index is 2.13. The summed E-state index contributed by atoms with van der Waals surface area (Å²) in [5.41, 5.74) is 1.48. The molecule has 1 aromatic rings. The van der Waals surface area contributed by atoms with Crippen molar-refractivity contribution >= 4 is 5.91 Å². The van der Waals surface area contributed by atoms with Gasteiger partial charge in [-0.25, -0.2) is 0 Å². The number of amides is 1. The molecule has 4 heteroatoms. The fourth-order valence-corrected chi connectivity index (χ4v) is 3.11. The average Bonchev–Trinajstić information content (AvgIpc) is 3.38. The molecule has 0 aliphatic heterocycles. The SMILES string of the molecule is CCC(CC)(CO)CNC(=O)C1(c2ccc(C)c(OC)c2)CC1. The van der Waals surface area contributed by atoms with E-state index in [0.29, 0.717) is 6.54 Å². The normalized spacial score (nSPS) is 16.0. The number of rotatable bonds is 8. The van der Waals surface area contributed by atoms with Crippen LogP contribution in [0.2, 0.25) is 0 Å². The monoisotopic (exact) mass is 319 g/mol. The lowest BCUT2D eigenvalue weighted by Crippen LogP contribution is -2.43. The highest BCUT2D eigenvalue weighted by atomic mass is 16.5. The van der Waals surface area contributed by atoms with Gasteiger partial charge >= 0.3 is 0 Å². The van der Waals surface area contributed by atoms with Crippen molar-refractivity contribution in [2.24, 2.45) is 5.41 Å². The van der Waals surface area contributed by atoms with Crippen molar-refractivity contribution in [1.29, 1.82) is 0 Å². The summed E-state index contributed by atoms with van der Waals surface area (Å²) in [6, 6.07) is 6.03. The highest BCUT2D eigenvalue weighted by Crippen LogP contribution is 2.49. The van der Waals surface area contributed by atoms with Gasteiger partial charge in [0.05, 0.1) is 19.1 Å². The summed E-state index contributed by atoms with van der Waals surface area (Å²) in [4.78, 5) is 12.8. The molecule has 1 aliphatic carbocycles. The lowest BCUT2D eigenvalue weighted by molar-refractivity contribution is -0.124. The number of nitrogens with one attached hydrogen (secondary N) is 1. The summed E-state index contributed by atoms with van der Waals surface area (Å²) in [5.74, 6) is 0.900. The number of aliphatic hydroxyl groups is 1. The van der Waals surface area contributed by atoms with Crippen molar-refractivity contribution in [3.63, 3.8) is 0 Å². The Morgan fingerprint density at radius 1 is 1.35 bits per heavy atom. The van der Waals surface area contributed by atoms with Gasteiger partial charge in [-0.3, -0.25) is 4.79 Å². The average molecular weight is 319 g/mol. The van der Waals surface area contributed by atoms with Crippen LogP contribution in [0.1, 0.15) is 50.7 Å².